The molecule has 1 heterocycles. The van der Waals surface area contributed by atoms with Gasteiger partial charge in [0.05, 0.1) is 11.7 Å². The molecule has 0 aliphatic carbocycles. The normalized spacial score (nSPS) is 17.5. The van der Waals surface area contributed by atoms with Crippen molar-refractivity contribution in [2.24, 2.45) is 5.41 Å². The second-order valence-electron chi connectivity index (χ2n) is 8.09. The molecule has 1 fully saturated rings. The first-order valence-corrected chi connectivity index (χ1v) is 9.64. The lowest BCUT2D eigenvalue weighted by atomic mass is 9.91. The van der Waals surface area contributed by atoms with Crippen LogP contribution in [0.25, 0.3) is 0 Å². The molecular formula is C22H24ClFN2O2. The van der Waals surface area contributed by atoms with E-state index >= 15 is 0 Å². The van der Waals surface area contributed by atoms with Gasteiger partial charge in [-0.15, -0.1) is 0 Å². The first-order valence-electron chi connectivity index (χ1n) is 9.27. The lowest BCUT2D eigenvalue weighted by Crippen LogP contribution is -2.53. The molecule has 4 nitrogen and oxygen atoms in total. The number of aldehydes is 1. The van der Waals surface area contributed by atoms with Gasteiger partial charge in [0, 0.05) is 35.6 Å². The van der Waals surface area contributed by atoms with Crippen molar-refractivity contribution in [2.75, 3.05) is 24.5 Å². The summed E-state index contributed by atoms with van der Waals surface area (Å²) in [6.07, 6.45) is 0.790. The number of amides is 1. The van der Waals surface area contributed by atoms with Gasteiger partial charge < -0.3 is 9.80 Å². The minimum Gasteiger partial charge on any atom is -0.365 e. The SMILES string of the molecule is CC(C)(C)C(=O)N1CCN(c2ccc(Cl)cc2F)CC1c1ccc(C=O)cc1. The Morgan fingerprint density at radius 3 is 2.39 bits per heavy atom. The van der Waals surface area contributed by atoms with Gasteiger partial charge in [0.2, 0.25) is 5.91 Å². The van der Waals surface area contributed by atoms with Gasteiger partial charge in [-0.1, -0.05) is 56.6 Å². The van der Waals surface area contributed by atoms with Crippen LogP contribution in [-0.4, -0.2) is 36.7 Å². The zero-order valence-electron chi connectivity index (χ0n) is 16.3. The van der Waals surface area contributed by atoms with Crippen LogP contribution in [-0.2, 0) is 4.79 Å². The molecule has 6 heteroatoms. The summed E-state index contributed by atoms with van der Waals surface area (Å²) in [4.78, 5) is 27.8. The number of carbonyl (C=O) groups excluding carboxylic acids is 2. The van der Waals surface area contributed by atoms with Gasteiger partial charge in [-0.25, -0.2) is 4.39 Å². The van der Waals surface area contributed by atoms with Gasteiger partial charge in [0.1, 0.15) is 12.1 Å². The predicted octanol–water partition coefficient (Wildman–Crippen LogP) is 4.73. The van der Waals surface area contributed by atoms with Gasteiger partial charge in [0.25, 0.3) is 0 Å². The zero-order valence-corrected chi connectivity index (χ0v) is 17.0. The number of anilines is 1. The summed E-state index contributed by atoms with van der Waals surface area (Å²) in [5.74, 6) is -0.327. The fraction of sp³-hybridized carbons (Fsp3) is 0.364. The van der Waals surface area contributed by atoms with E-state index in [0.29, 0.717) is 35.9 Å². The molecule has 1 amide bonds. The molecule has 0 spiro atoms. The first kappa shape index (κ1) is 20.3. The molecule has 2 aromatic rings. The molecule has 1 aliphatic heterocycles. The van der Waals surface area contributed by atoms with Crippen molar-refractivity contribution in [1.29, 1.82) is 0 Å². The van der Waals surface area contributed by atoms with Crippen LogP contribution in [0.1, 0.15) is 42.7 Å². The fourth-order valence-electron chi connectivity index (χ4n) is 3.50. The average molecular weight is 403 g/mol. The highest BCUT2D eigenvalue weighted by atomic mass is 35.5. The molecule has 1 saturated heterocycles. The van der Waals surface area contributed by atoms with E-state index < -0.39 is 5.41 Å². The molecule has 1 atom stereocenters. The van der Waals surface area contributed by atoms with Crippen LogP contribution in [0.15, 0.2) is 42.5 Å². The molecule has 0 saturated carbocycles. The van der Waals surface area contributed by atoms with Gasteiger partial charge >= 0.3 is 0 Å². The second kappa shape index (κ2) is 7.92. The first-order chi connectivity index (χ1) is 13.2. The third-order valence-corrected chi connectivity index (χ3v) is 5.23. The van der Waals surface area contributed by atoms with E-state index in [1.54, 1.807) is 24.3 Å². The Labute approximate surface area is 169 Å². The summed E-state index contributed by atoms with van der Waals surface area (Å²) in [7, 11) is 0. The van der Waals surface area contributed by atoms with E-state index in [9.17, 15) is 14.0 Å². The summed E-state index contributed by atoms with van der Waals surface area (Å²) in [6, 6.07) is 11.6. The quantitative estimate of drug-likeness (QED) is 0.697. The van der Waals surface area contributed by atoms with Crippen molar-refractivity contribution in [3.63, 3.8) is 0 Å². The number of hydrogen-bond acceptors (Lipinski definition) is 3. The van der Waals surface area contributed by atoms with Crippen molar-refractivity contribution >= 4 is 29.5 Å². The van der Waals surface area contributed by atoms with Crippen molar-refractivity contribution in [1.82, 2.24) is 4.90 Å². The van der Waals surface area contributed by atoms with Crippen LogP contribution >= 0.6 is 11.6 Å². The Morgan fingerprint density at radius 2 is 1.82 bits per heavy atom. The van der Waals surface area contributed by atoms with Crippen LogP contribution in [0.5, 0.6) is 0 Å². The summed E-state index contributed by atoms with van der Waals surface area (Å²) in [5.41, 5.74) is 1.45. The molecule has 0 N–H and O–H groups in total. The highest BCUT2D eigenvalue weighted by Crippen LogP contribution is 2.33. The molecular weight excluding hydrogens is 379 g/mol. The summed E-state index contributed by atoms with van der Waals surface area (Å²) in [5, 5.41) is 0.351. The number of piperazine rings is 1. The second-order valence-corrected chi connectivity index (χ2v) is 8.53. The topological polar surface area (TPSA) is 40.6 Å². The molecule has 1 unspecified atom stereocenters. The molecule has 0 bridgehead atoms. The molecule has 1 aliphatic rings. The summed E-state index contributed by atoms with van der Waals surface area (Å²) >= 11 is 5.88. The van der Waals surface area contributed by atoms with E-state index in [1.807, 2.05) is 42.7 Å². The van der Waals surface area contributed by atoms with Crippen LogP contribution in [0, 0.1) is 11.2 Å². The van der Waals surface area contributed by atoms with E-state index in [-0.39, 0.29) is 17.8 Å². The maximum atomic E-state index is 14.5. The third kappa shape index (κ3) is 4.20. The molecule has 2 aromatic carbocycles. The number of nitrogens with zero attached hydrogens (tertiary/aromatic N) is 2. The lowest BCUT2D eigenvalue weighted by molar-refractivity contribution is -0.142. The van der Waals surface area contributed by atoms with Crippen molar-refractivity contribution in [2.45, 2.75) is 26.8 Å². The number of hydrogen-bond donors (Lipinski definition) is 0. The third-order valence-electron chi connectivity index (χ3n) is 4.99. The van der Waals surface area contributed by atoms with Gasteiger partial charge in [-0.2, -0.15) is 0 Å². The minimum atomic E-state index is -0.519. The molecule has 3 rings (SSSR count). The van der Waals surface area contributed by atoms with Gasteiger partial charge in [-0.3, -0.25) is 9.59 Å². The number of carbonyl (C=O) groups is 2. The highest BCUT2D eigenvalue weighted by molar-refractivity contribution is 6.30. The van der Waals surface area contributed by atoms with E-state index in [4.69, 9.17) is 11.6 Å². The van der Waals surface area contributed by atoms with Crippen LogP contribution in [0.4, 0.5) is 10.1 Å². The molecule has 148 valence electrons. The zero-order chi connectivity index (χ0) is 20.5. The Kier molecular flexibility index (Phi) is 5.75. The lowest BCUT2D eigenvalue weighted by Gasteiger charge is -2.44. The molecule has 0 aromatic heterocycles. The average Bonchev–Trinajstić information content (AvgIpc) is 2.66. The van der Waals surface area contributed by atoms with Crippen LogP contribution in [0.3, 0.4) is 0 Å². The Bertz CT molecular complexity index is 877. The summed E-state index contributed by atoms with van der Waals surface area (Å²) in [6.45, 7) is 7.16. The fourth-order valence-corrected chi connectivity index (χ4v) is 3.65. The molecule has 28 heavy (non-hydrogen) atoms. The van der Waals surface area contributed by atoms with E-state index in [2.05, 4.69) is 0 Å². The standard InChI is InChI=1S/C22H24ClFN2O2/c1-22(2,3)21(28)26-11-10-25(19-9-8-17(23)12-18(19)24)13-20(26)16-6-4-15(14-27)5-7-16/h4-9,12,14,20H,10-11,13H2,1-3H3. The highest BCUT2D eigenvalue weighted by Gasteiger charge is 2.37. The Hall–Kier alpha value is -2.40. The predicted molar refractivity (Wildman–Crippen MR) is 109 cm³/mol. The molecule has 0 radical (unpaired) electrons. The van der Waals surface area contributed by atoms with E-state index in [1.165, 1.54) is 6.07 Å². The van der Waals surface area contributed by atoms with Crippen LogP contribution < -0.4 is 4.90 Å². The number of rotatable bonds is 3. The number of benzene rings is 2. The minimum absolute atomic E-state index is 0.0493. The van der Waals surface area contributed by atoms with Crippen molar-refractivity contribution in [3.8, 4) is 0 Å². The maximum absolute atomic E-state index is 14.5. The smallest absolute Gasteiger partial charge is 0.228 e. The Balaban J connectivity index is 1.95. The number of halogens is 2. The van der Waals surface area contributed by atoms with Crippen molar-refractivity contribution < 1.29 is 14.0 Å². The largest absolute Gasteiger partial charge is 0.365 e. The van der Waals surface area contributed by atoms with Gasteiger partial charge in [-0.05, 0) is 23.8 Å². The van der Waals surface area contributed by atoms with E-state index in [0.717, 1.165) is 11.8 Å². The van der Waals surface area contributed by atoms with Crippen LogP contribution in [0.2, 0.25) is 5.02 Å². The maximum Gasteiger partial charge on any atom is 0.228 e. The monoisotopic (exact) mass is 402 g/mol. The summed E-state index contributed by atoms with van der Waals surface area (Å²) < 4.78 is 14.5. The van der Waals surface area contributed by atoms with Gasteiger partial charge in [0.15, 0.2) is 0 Å². The Morgan fingerprint density at radius 1 is 1.14 bits per heavy atom. The van der Waals surface area contributed by atoms with Crippen molar-refractivity contribution in [3.05, 3.63) is 64.4 Å².